The summed E-state index contributed by atoms with van der Waals surface area (Å²) in [5.74, 6) is 1.40. The first-order valence-electron chi connectivity index (χ1n) is 13.8. The Hall–Kier alpha value is -4.09. The number of carbonyl (C=O) groups excluding carboxylic acids is 2. The summed E-state index contributed by atoms with van der Waals surface area (Å²) in [5.41, 5.74) is 2.23. The lowest BCUT2D eigenvalue weighted by Crippen LogP contribution is -2.48. The number of rotatable bonds is 12. The molecular formula is C30H36ClN6O4Si. The number of piperazine rings is 1. The molecule has 42 heavy (non-hydrogen) atoms. The Balaban J connectivity index is 1.40. The molecule has 1 aliphatic heterocycles. The summed E-state index contributed by atoms with van der Waals surface area (Å²) in [6.45, 7) is 11.0. The van der Waals surface area contributed by atoms with Crippen molar-refractivity contribution in [3.63, 3.8) is 0 Å². The predicted molar refractivity (Wildman–Crippen MR) is 169 cm³/mol. The van der Waals surface area contributed by atoms with Crippen LogP contribution >= 0.6 is 11.6 Å². The van der Waals surface area contributed by atoms with E-state index in [1.807, 2.05) is 23.1 Å². The monoisotopic (exact) mass is 607 g/mol. The quantitative estimate of drug-likeness (QED) is 0.191. The number of aromatic nitrogens is 2. The summed E-state index contributed by atoms with van der Waals surface area (Å²) in [5, 5.41) is 6.09. The largest absolute Gasteiger partial charge is 0.494 e. The van der Waals surface area contributed by atoms with E-state index in [9.17, 15) is 9.59 Å². The zero-order valence-corrected chi connectivity index (χ0v) is 25.9. The Kier molecular flexibility index (Phi) is 10.8. The standard InChI is InChI=1S/C30H36ClN6O4Si/c1-5-27(38)33-21-8-6-9-23(18-21)41-29-24(31)20-32-30(35-29)34-25-12-11-22(19-26(25)40-2)36-13-15-37(16-14-36)28(39)10-7-17-42(3)4/h5-6,8-9,11-12,18-20H,1,7,10,13-17H2,2-4H3,(H,33,38)(H,32,34,35). The van der Waals surface area contributed by atoms with E-state index in [2.05, 4.69) is 45.2 Å². The molecule has 0 spiro atoms. The van der Waals surface area contributed by atoms with E-state index < -0.39 is 0 Å². The maximum absolute atomic E-state index is 12.6. The number of methoxy groups -OCH3 is 1. The highest BCUT2D eigenvalue weighted by Gasteiger charge is 2.22. The molecule has 2 aromatic carbocycles. The van der Waals surface area contributed by atoms with Gasteiger partial charge in [-0.15, -0.1) is 0 Å². The predicted octanol–water partition coefficient (Wildman–Crippen LogP) is 5.98. The van der Waals surface area contributed by atoms with Crippen LogP contribution in [-0.4, -0.2) is 68.8 Å². The van der Waals surface area contributed by atoms with Crippen molar-refractivity contribution in [1.29, 1.82) is 0 Å². The second-order valence-electron chi connectivity index (χ2n) is 10.1. The fraction of sp³-hybridized carbons (Fsp3) is 0.333. The molecule has 1 radical (unpaired) electrons. The Bertz CT molecular complexity index is 1410. The number of amides is 2. The van der Waals surface area contributed by atoms with Crippen molar-refractivity contribution in [2.75, 3.05) is 48.8 Å². The van der Waals surface area contributed by atoms with Crippen LogP contribution in [0.25, 0.3) is 0 Å². The number of halogens is 1. The Morgan fingerprint density at radius 1 is 1.14 bits per heavy atom. The van der Waals surface area contributed by atoms with Gasteiger partial charge in [-0.3, -0.25) is 9.59 Å². The number of nitrogens with one attached hydrogen (secondary N) is 2. The van der Waals surface area contributed by atoms with Gasteiger partial charge in [0.2, 0.25) is 23.6 Å². The van der Waals surface area contributed by atoms with Gasteiger partial charge in [0, 0.05) is 64.9 Å². The van der Waals surface area contributed by atoms with Crippen molar-refractivity contribution in [3.8, 4) is 17.4 Å². The third kappa shape index (κ3) is 8.46. The normalized spacial score (nSPS) is 13.1. The molecule has 1 aliphatic rings. The van der Waals surface area contributed by atoms with Crippen molar-refractivity contribution in [3.05, 3.63) is 66.3 Å². The summed E-state index contributed by atoms with van der Waals surface area (Å²) in [6, 6.07) is 13.9. The summed E-state index contributed by atoms with van der Waals surface area (Å²) in [4.78, 5) is 37.2. The first kappa shape index (κ1) is 30.9. The molecule has 0 atom stereocenters. The van der Waals surface area contributed by atoms with Gasteiger partial charge in [0.15, 0.2) is 0 Å². The third-order valence-corrected chi connectivity index (χ3v) is 8.32. The van der Waals surface area contributed by atoms with Gasteiger partial charge in [-0.2, -0.15) is 4.98 Å². The van der Waals surface area contributed by atoms with Gasteiger partial charge in [0.25, 0.3) is 0 Å². The molecule has 221 valence electrons. The van der Waals surface area contributed by atoms with Gasteiger partial charge < -0.3 is 29.9 Å². The molecule has 2 heterocycles. The van der Waals surface area contributed by atoms with Crippen molar-refractivity contribution in [1.82, 2.24) is 14.9 Å². The van der Waals surface area contributed by atoms with Gasteiger partial charge in [0.1, 0.15) is 16.5 Å². The summed E-state index contributed by atoms with van der Waals surface area (Å²) in [7, 11) is 1.32. The fourth-order valence-electron chi connectivity index (χ4n) is 4.49. The zero-order valence-electron chi connectivity index (χ0n) is 24.2. The van der Waals surface area contributed by atoms with Gasteiger partial charge in [0.05, 0.1) is 19.0 Å². The second kappa shape index (κ2) is 14.7. The topological polar surface area (TPSA) is 109 Å². The number of benzene rings is 2. The number of carbonyl (C=O) groups is 2. The van der Waals surface area contributed by atoms with Crippen molar-refractivity contribution >= 4 is 55.2 Å². The van der Waals surface area contributed by atoms with Gasteiger partial charge in [-0.25, -0.2) is 4.98 Å². The third-order valence-electron chi connectivity index (χ3n) is 6.71. The van der Waals surface area contributed by atoms with Crippen molar-refractivity contribution in [2.24, 2.45) is 0 Å². The average molecular weight is 608 g/mol. The molecule has 12 heteroatoms. The zero-order chi connectivity index (χ0) is 30.1. The molecule has 0 unspecified atom stereocenters. The van der Waals surface area contributed by atoms with E-state index in [4.69, 9.17) is 21.1 Å². The van der Waals surface area contributed by atoms with Crippen LogP contribution in [0.2, 0.25) is 24.2 Å². The fourth-order valence-corrected chi connectivity index (χ4v) is 5.50. The van der Waals surface area contributed by atoms with Crippen LogP contribution in [0.3, 0.4) is 0 Å². The van der Waals surface area contributed by atoms with Crippen LogP contribution in [0.5, 0.6) is 17.4 Å². The minimum absolute atomic E-state index is 0.148. The van der Waals surface area contributed by atoms with Crippen LogP contribution in [0.4, 0.5) is 23.0 Å². The highest BCUT2D eigenvalue weighted by Crippen LogP contribution is 2.34. The van der Waals surface area contributed by atoms with E-state index in [-0.39, 0.29) is 37.5 Å². The van der Waals surface area contributed by atoms with Gasteiger partial charge in [-0.1, -0.05) is 43.4 Å². The van der Waals surface area contributed by atoms with Crippen LogP contribution in [0, 0.1) is 0 Å². The molecule has 10 nitrogen and oxygen atoms in total. The molecule has 2 N–H and O–H groups in total. The van der Waals surface area contributed by atoms with Crippen molar-refractivity contribution in [2.45, 2.75) is 32.0 Å². The SMILES string of the molecule is C=CC(=O)Nc1cccc(Oc2nc(Nc3ccc(N4CCN(C(=O)CCC[Si](C)C)CC4)cc3OC)ncc2Cl)c1. The number of ether oxygens (including phenoxy) is 2. The minimum atomic E-state index is -0.329. The van der Waals surface area contributed by atoms with Crippen LogP contribution in [0.15, 0.2) is 61.3 Å². The lowest BCUT2D eigenvalue weighted by molar-refractivity contribution is -0.131. The molecule has 2 amide bonds. The second-order valence-corrected chi connectivity index (χ2v) is 13.4. The molecule has 0 aliphatic carbocycles. The molecule has 0 bridgehead atoms. The molecular weight excluding hydrogens is 572 g/mol. The first-order chi connectivity index (χ1) is 20.2. The number of hydrogen-bond donors (Lipinski definition) is 2. The lowest BCUT2D eigenvalue weighted by Gasteiger charge is -2.36. The van der Waals surface area contributed by atoms with Gasteiger partial charge >= 0.3 is 0 Å². The summed E-state index contributed by atoms with van der Waals surface area (Å²) < 4.78 is 11.6. The molecule has 0 saturated carbocycles. The maximum Gasteiger partial charge on any atom is 0.247 e. The average Bonchev–Trinajstić information content (AvgIpc) is 2.99. The van der Waals surface area contributed by atoms with E-state index in [1.165, 1.54) is 18.3 Å². The first-order valence-corrected chi connectivity index (χ1v) is 16.8. The van der Waals surface area contributed by atoms with E-state index in [0.29, 0.717) is 42.4 Å². The highest BCUT2D eigenvalue weighted by molar-refractivity contribution is 6.55. The maximum atomic E-state index is 12.6. The van der Waals surface area contributed by atoms with Crippen LogP contribution in [0.1, 0.15) is 12.8 Å². The molecule has 1 fully saturated rings. The van der Waals surface area contributed by atoms with Crippen LogP contribution < -0.4 is 25.0 Å². The Labute approximate surface area is 253 Å². The summed E-state index contributed by atoms with van der Waals surface area (Å²) in [6.07, 6.45) is 4.26. The Morgan fingerprint density at radius 2 is 1.93 bits per heavy atom. The van der Waals surface area contributed by atoms with Crippen molar-refractivity contribution < 1.29 is 19.1 Å². The Morgan fingerprint density at radius 3 is 2.64 bits per heavy atom. The summed E-state index contributed by atoms with van der Waals surface area (Å²) >= 11 is 6.31. The van der Waals surface area contributed by atoms with E-state index >= 15 is 0 Å². The smallest absolute Gasteiger partial charge is 0.247 e. The molecule has 4 rings (SSSR count). The van der Waals surface area contributed by atoms with E-state index in [1.54, 1.807) is 31.4 Å². The van der Waals surface area contributed by atoms with E-state index in [0.717, 1.165) is 25.2 Å². The minimum Gasteiger partial charge on any atom is -0.494 e. The number of anilines is 4. The molecule has 3 aromatic rings. The lowest BCUT2D eigenvalue weighted by atomic mass is 10.2. The number of hydrogen-bond acceptors (Lipinski definition) is 8. The molecule has 1 aromatic heterocycles. The van der Waals surface area contributed by atoms with Gasteiger partial charge in [-0.05, 0) is 36.8 Å². The highest BCUT2D eigenvalue weighted by atomic mass is 35.5. The van der Waals surface area contributed by atoms with Crippen LogP contribution in [-0.2, 0) is 9.59 Å². The molecule has 1 saturated heterocycles. The number of nitrogens with zero attached hydrogens (tertiary/aromatic N) is 4.